The quantitative estimate of drug-likeness (QED) is 0.400. The Bertz CT molecular complexity index is 1050. The van der Waals surface area contributed by atoms with E-state index in [1.54, 1.807) is 36.4 Å². The minimum Gasteiger partial charge on any atom is -0.481 e. The van der Waals surface area contributed by atoms with Crippen molar-refractivity contribution in [3.05, 3.63) is 65.4 Å². The molecule has 4 amide bonds. The number of nitrogens with one attached hydrogen (secondary N) is 2. The van der Waals surface area contributed by atoms with E-state index in [4.69, 9.17) is 4.74 Å². The second-order valence-corrected chi connectivity index (χ2v) is 6.70. The van der Waals surface area contributed by atoms with E-state index in [0.717, 1.165) is 10.5 Å². The predicted molar refractivity (Wildman–Crippen MR) is 112 cm³/mol. The van der Waals surface area contributed by atoms with Gasteiger partial charge >= 0.3 is 12.0 Å². The van der Waals surface area contributed by atoms with Gasteiger partial charge < -0.3 is 20.1 Å². The van der Waals surface area contributed by atoms with Crippen LogP contribution in [0, 0.1) is 6.92 Å². The Morgan fingerprint density at radius 2 is 1.81 bits per heavy atom. The number of methoxy groups -OCH3 is 1. The second kappa shape index (κ2) is 9.57. The molecule has 1 saturated heterocycles. The average Bonchev–Trinajstić information content (AvgIpc) is 3.01. The van der Waals surface area contributed by atoms with Crippen LogP contribution < -0.4 is 15.4 Å². The standard InChI is InChI=1S/C22H21N3O6/c1-14-7-9-16(10-8-14)23-19(26)12-25-21(28)17(24-22(25)29)11-15-5-3-4-6-18(15)31-13-20(27)30-2/h3-11H,12-13H2,1-2H3,(H,23,26)(H,24,29)/b17-11+. The zero-order valence-electron chi connectivity index (χ0n) is 17.0. The van der Waals surface area contributed by atoms with Gasteiger partial charge in [0.2, 0.25) is 5.91 Å². The van der Waals surface area contributed by atoms with Crippen LogP contribution in [0.1, 0.15) is 11.1 Å². The van der Waals surface area contributed by atoms with Crippen LogP contribution >= 0.6 is 0 Å². The Labute approximate surface area is 178 Å². The Morgan fingerprint density at radius 3 is 2.52 bits per heavy atom. The van der Waals surface area contributed by atoms with Crippen molar-refractivity contribution in [3.8, 4) is 5.75 Å². The summed E-state index contributed by atoms with van der Waals surface area (Å²) in [6.45, 7) is 1.18. The molecule has 2 N–H and O–H groups in total. The summed E-state index contributed by atoms with van der Waals surface area (Å²) in [5.74, 6) is -1.38. The van der Waals surface area contributed by atoms with Gasteiger partial charge in [-0.25, -0.2) is 14.5 Å². The number of benzene rings is 2. The first-order valence-electron chi connectivity index (χ1n) is 9.37. The van der Waals surface area contributed by atoms with Gasteiger partial charge in [0.25, 0.3) is 5.91 Å². The molecule has 1 heterocycles. The Kier molecular flexibility index (Phi) is 6.66. The van der Waals surface area contributed by atoms with Crippen molar-refractivity contribution >= 4 is 35.6 Å². The highest BCUT2D eigenvalue weighted by Gasteiger charge is 2.35. The third-order valence-corrected chi connectivity index (χ3v) is 4.39. The number of urea groups is 1. The lowest BCUT2D eigenvalue weighted by Gasteiger charge is -2.12. The molecular formula is C22H21N3O6. The molecule has 0 bridgehead atoms. The molecule has 31 heavy (non-hydrogen) atoms. The van der Waals surface area contributed by atoms with Crippen molar-refractivity contribution in [2.45, 2.75) is 6.92 Å². The number of hydrogen-bond acceptors (Lipinski definition) is 6. The van der Waals surface area contributed by atoms with Crippen molar-refractivity contribution < 1.29 is 28.7 Å². The fourth-order valence-corrected chi connectivity index (χ4v) is 2.78. The van der Waals surface area contributed by atoms with Crippen molar-refractivity contribution in [2.75, 3.05) is 25.6 Å². The molecule has 1 aliphatic heterocycles. The molecule has 0 unspecified atom stereocenters. The average molecular weight is 423 g/mol. The molecule has 1 aliphatic rings. The van der Waals surface area contributed by atoms with E-state index in [2.05, 4.69) is 15.4 Å². The SMILES string of the molecule is COC(=O)COc1ccccc1/C=C1/NC(=O)N(CC(=O)Nc2ccc(C)cc2)C1=O. The summed E-state index contributed by atoms with van der Waals surface area (Å²) in [4.78, 5) is 49.3. The third kappa shape index (κ3) is 5.47. The number of esters is 1. The molecule has 160 valence electrons. The number of imide groups is 1. The van der Waals surface area contributed by atoms with E-state index >= 15 is 0 Å². The van der Waals surface area contributed by atoms with Crippen LogP contribution in [0.15, 0.2) is 54.2 Å². The Hall–Kier alpha value is -4.14. The summed E-state index contributed by atoms with van der Waals surface area (Å²) in [6, 6.07) is 13.1. The number of carbonyl (C=O) groups excluding carboxylic acids is 4. The van der Waals surface area contributed by atoms with E-state index in [-0.39, 0.29) is 12.3 Å². The van der Waals surface area contributed by atoms with Crippen LogP contribution in [0.5, 0.6) is 5.75 Å². The van der Waals surface area contributed by atoms with E-state index in [1.807, 2.05) is 19.1 Å². The molecule has 0 aromatic heterocycles. The molecule has 0 atom stereocenters. The largest absolute Gasteiger partial charge is 0.481 e. The third-order valence-electron chi connectivity index (χ3n) is 4.39. The fraction of sp³-hybridized carbons (Fsp3) is 0.182. The molecule has 0 saturated carbocycles. The van der Waals surface area contributed by atoms with Crippen molar-refractivity contribution in [2.24, 2.45) is 0 Å². The summed E-state index contributed by atoms with van der Waals surface area (Å²) in [5, 5.41) is 5.10. The van der Waals surface area contributed by atoms with Crippen LogP contribution in [-0.2, 0) is 19.1 Å². The number of hydrogen-bond donors (Lipinski definition) is 2. The van der Waals surface area contributed by atoms with Crippen LogP contribution in [0.2, 0.25) is 0 Å². The van der Waals surface area contributed by atoms with Crippen molar-refractivity contribution in [1.29, 1.82) is 0 Å². The van der Waals surface area contributed by atoms with Gasteiger partial charge in [0.05, 0.1) is 7.11 Å². The Morgan fingerprint density at radius 1 is 1.10 bits per heavy atom. The lowest BCUT2D eigenvalue weighted by atomic mass is 10.1. The molecule has 1 fully saturated rings. The van der Waals surface area contributed by atoms with Gasteiger partial charge in [-0.2, -0.15) is 0 Å². The fourth-order valence-electron chi connectivity index (χ4n) is 2.78. The van der Waals surface area contributed by atoms with Crippen LogP contribution in [0.3, 0.4) is 0 Å². The normalized spacial score (nSPS) is 14.4. The topological polar surface area (TPSA) is 114 Å². The summed E-state index contributed by atoms with van der Waals surface area (Å²) >= 11 is 0. The zero-order chi connectivity index (χ0) is 22.4. The first-order chi connectivity index (χ1) is 14.9. The summed E-state index contributed by atoms with van der Waals surface area (Å²) in [5.41, 5.74) is 2.07. The number of carbonyl (C=O) groups is 4. The number of rotatable bonds is 7. The van der Waals surface area contributed by atoms with Crippen LogP contribution in [-0.4, -0.2) is 49.0 Å². The van der Waals surface area contributed by atoms with Crippen molar-refractivity contribution in [3.63, 3.8) is 0 Å². The van der Waals surface area contributed by atoms with Gasteiger partial charge in [-0.15, -0.1) is 0 Å². The maximum absolute atomic E-state index is 12.7. The summed E-state index contributed by atoms with van der Waals surface area (Å²) < 4.78 is 9.95. The number of ether oxygens (including phenoxy) is 2. The van der Waals surface area contributed by atoms with Gasteiger partial charge in [0.1, 0.15) is 18.0 Å². The van der Waals surface area contributed by atoms with E-state index in [1.165, 1.54) is 13.2 Å². The molecule has 9 heteroatoms. The van der Waals surface area contributed by atoms with E-state index < -0.39 is 30.4 Å². The van der Waals surface area contributed by atoms with Crippen molar-refractivity contribution in [1.82, 2.24) is 10.2 Å². The van der Waals surface area contributed by atoms with Crippen LogP contribution in [0.25, 0.3) is 6.08 Å². The second-order valence-electron chi connectivity index (χ2n) is 6.70. The number of nitrogens with zero attached hydrogens (tertiary/aromatic N) is 1. The molecule has 0 spiro atoms. The molecule has 2 aromatic rings. The number of para-hydroxylation sites is 1. The lowest BCUT2D eigenvalue weighted by molar-refractivity contribution is -0.142. The highest BCUT2D eigenvalue weighted by molar-refractivity contribution is 6.16. The molecule has 3 rings (SSSR count). The maximum atomic E-state index is 12.7. The minimum atomic E-state index is -0.705. The van der Waals surface area contributed by atoms with Crippen LogP contribution in [0.4, 0.5) is 10.5 Å². The predicted octanol–water partition coefficient (Wildman–Crippen LogP) is 2.08. The summed E-state index contributed by atoms with van der Waals surface area (Å²) in [7, 11) is 1.25. The lowest BCUT2D eigenvalue weighted by Crippen LogP contribution is -2.38. The molecule has 0 aliphatic carbocycles. The molecular weight excluding hydrogens is 402 g/mol. The highest BCUT2D eigenvalue weighted by Crippen LogP contribution is 2.23. The maximum Gasteiger partial charge on any atom is 0.343 e. The van der Waals surface area contributed by atoms with Gasteiger partial charge in [-0.1, -0.05) is 35.9 Å². The highest BCUT2D eigenvalue weighted by atomic mass is 16.6. The van der Waals surface area contributed by atoms with Gasteiger partial charge in [-0.05, 0) is 31.2 Å². The zero-order valence-corrected chi connectivity index (χ0v) is 17.0. The van der Waals surface area contributed by atoms with Gasteiger partial charge in [0, 0.05) is 11.3 Å². The Balaban J connectivity index is 1.70. The molecule has 0 radical (unpaired) electrons. The smallest absolute Gasteiger partial charge is 0.343 e. The first kappa shape index (κ1) is 21.6. The number of amides is 4. The summed E-state index contributed by atoms with van der Waals surface area (Å²) in [6.07, 6.45) is 1.42. The van der Waals surface area contributed by atoms with E-state index in [9.17, 15) is 19.2 Å². The first-order valence-corrected chi connectivity index (χ1v) is 9.37. The van der Waals surface area contributed by atoms with Gasteiger partial charge in [0.15, 0.2) is 6.61 Å². The number of aryl methyl sites for hydroxylation is 1. The minimum absolute atomic E-state index is 0.0118. The molecule has 2 aromatic carbocycles. The monoisotopic (exact) mass is 423 g/mol. The number of anilines is 1. The van der Waals surface area contributed by atoms with Gasteiger partial charge in [-0.3, -0.25) is 9.59 Å². The molecule has 9 nitrogen and oxygen atoms in total. The van der Waals surface area contributed by atoms with E-state index in [0.29, 0.717) is 17.0 Å².